The topological polar surface area (TPSA) is 66.8 Å². The molecule has 0 unspecified atom stereocenters. The molecule has 1 aromatic heterocycles. The molecule has 0 aliphatic carbocycles. The van der Waals surface area contributed by atoms with Crippen molar-refractivity contribution in [3.05, 3.63) is 45.9 Å². The lowest BCUT2D eigenvalue weighted by Gasteiger charge is -2.08. The van der Waals surface area contributed by atoms with Crippen molar-refractivity contribution >= 4 is 46.0 Å². The predicted octanol–water partition coefficient (Wildman–Crippen LogP) is 4.95. The molecule has 24 heavy (non-hydrogen) atoms. The maximum atomic E-state index is 10.1. The molecule has 0 atom stereocenters. The molecule has 3 rings (SSSR count). The van der Waals surface area contributed by atoms with E-state index < -0.39 is 0 Å². The summed E-state index contributed by atoms with van der Waals surface area (Å²) in [7, 11) is 3.05. The van der Waals surface area contributed by atoms with Crippen LogP contribution in [0.2, 0.25) is 10.0 Å². The highest BCUT2D eigenvalue weighted by molar-refractivity contribution is 6.32. The van der Waals surface area contributed by atoms with E-state index in [1.807, 2.05) is 6.07 Å². The maximum Gasteiger partial charge on any atom is 0.198 e. The summed E-state index contributed by atoms with van der Waals surface area (Å²) < 4.78 is 10.5. The molecule has 2 aromatic carbocycles. The zero-order chi connectivity index (χ0) is 17.3. The van der Waals surface area contributed by atoms with E-state index in [9.17, 15) is 5.11 Å². The van der Waals surface area contributed by atoms with Crippen molar-refractivity contribution in [2.75, 3.05) is 14.2 Å². The number of aromatic amines is 1. The van der Waals surface area contributed by atoms with Gasteiger partial charge in [-0.05, 0) is 12.1 Å². The van der Waals surface area contributed by atoms with Crippen LogP contribution in [0.3, 0.4) is 0 Å². The number of aromatic hydroxyl groups is 1. The van der Waals surface area contributed by atoms with Crippen LogP contribution < -0.4 is 9.47 Å². The van der Waals surface area contributed by atoms with Gasteiger partial charge in [-0.3, -0.25) is 4.99 Å². The summed E-state index contributed by atoms with van der Waals surface area (Å²) in [6.07, 6.45) is 1.55. The van der Waals surface area contributed by atoms with Gasteiger partial charge in [-0.15, -0.1) is 0 Å². The molecule has 3 aromatic rings. The van der Waals surface area contributed by atoms with Gasteiger partial charge in [0.25, 0.3) is 0 Å². The van der Waals surface area contributed by atoms with E-state index in [-0.39, 0.29) is 5.88 Å². The molecular formula is C17H14Cl2N2O3. The van der Waals surface area contributed by atoms with Gasteiger partial charge in [0, 0.05) is 28.8 Å². The zero-order valence-corrected chi connectivity index (χ0v) is 14.4. The van der Waals surface area contributed by atoms with Gasteiger partial charge < -0.3 is 19.6 Å². The number of hydrogen-bond acceptors (Lipinski definition) is 4. The average molecular weight is 365 g/mol. The minimum absolute atomic E-state index is 0.0101. The highest BCUT2D eigenvalue weighted by Crippen LogP contribution is 2.38. The Labute approximate surface area is 148 Å². The molecule has 2 N–H and O–H groups in total. The Hall–Kier alpha value is -2.37. The quantitative estimate of drug-likeness (QED) is 0.643. The molecule has 5 nitrogen and oxygen atoms in total. The van der Waals surface area contributed by atoms with Crippen molar-refractivity contribution in [3.63, 3.8) is 0 Å². The first-order valence-corrected chi connectivity index (χ1v) is 7.75. The molecule has 0 spiro atoms. The number of fused-ring (bicyclic) bond motifs is 1. The number of nitrogens with one attached hydrogen (secondary N) is 1. The third kappa shape index (κ3) is 3.00. The number of nitrogens with zero attached hydrogens (tertiary/aromatic N) is 1. The van der Waals surface area contributed by atoms with Crippen LogP contribution in [0, 0.1) is 0 Å². The zero-order valence-electron chi connectivity index (χ0n) is 12.9. The van der Waals surface area contributed by atoms with E-state index in [1.54, 1.807) is 30.5 Å². The van der Waals surface area contributed by atoms with Gasteiger partial charge in [-0.1, -0.05) is 29.3 Å². The summed E-state index contributed by atoms with van der Waals surface area (Å²) in [6.45, 7) is 0. The van der Waals surface area contributed by atoms with Crippen LogP contribution in [0.25, 0.3) is 10.9 Å². The van der Waals surface area contributed by atoms with Crippen molar-refractivity contribution in [2.24, 2.45) is 4.99 Å². The van der Waals surface area contributed by atoms with Gasteiger partial charge >= 0.3 is 0 Å². The predicted molar refractivity (Wildman–Crippen MR) is 96.8 cm³/mol. The molecule has 124 valence electrons. The van der Waals surface area contributed by atoms with Crippen LogP contribution in [0.5, 0.6) is 17.4 Å². The highest BCUT2D eigenvalue weighted by Gasteiger charge is 2.11. The third-order valence-electron chi connectivity index (χ3n) is 3.57. The Morgan fingerprint density at radius 3 is 2.54 bits per heavy atom. The van der Waals surface area contributed by atoms with Gasteiger partial charge in [-0.2, -0.15) is 0 Å². The maximum absolute atomic E-state index is 10.1. The van der Waals surface area contributed by atoms with Gasteiger partial charge in [0.2, 0.25) is 0 Å². The smallest absolute Gasteiger partial charge is 0.198 e. The molecule has 0 aliphatic rings. The molecular weight excluding hydrogens is 351 g/mol. The molecule has 0 saturated carbocycles. The summed E-state index contributed by atoms with van der Waals surface area (Å²) in [4.78, 5) is 7.27. The number of ether oxygens (including phenoxy) is 2. The van der Waals surface area contributed by atoms with E-state index >= 15 is 0 Å². The summed E-state index contributed by atoms with van der Waals surface area (Å²) in [6, 6.07) is 8.59. The lowest BCUT2D eigenvalue weighted by atomic mass is 10.2. The number of hydrogen-bond donors (Lipinski definition) is 2. The fourth-order valence-electron chi connectivity index (χ4n) is 2.39. The highest BCUT2D eigenvalue weighted by atomic mass is 35.5. The number of benzene rings is 2. The van der Waals surface area contributed by atoms with Gasteiger partial charge in [0.15, 0.2) is 5.88 Å². The van der Waals surface area contributed by atoms with Crippen LogP contribution in [0.4, 0.5) is 5.69 Å². The average Bonchev–Trinajstić information content (AvgIpc) is 2.87. The lowest BCUT2D eigenvalue weighted by Crippen LogP contribution is -1.89. The summed E-state index contributed by atoms with van der Waals surface area (Å²) in [5.41, 5.74) is 1.81. The Bertz CT molecular complexity index is 935. The summed E-state index contributed by atoms with van der Waals surface area (Å²) in [5.74, 6) is 0.995. The number of aliphatic imine (C=N–C) groups is 1. The van der Waals surface area contributed by atoms with Gasteiger partial charge in [0.05, 0.1) is 30.3 Å². The third-order valence-corrected chi connectivity index (χ3v) is 4.10. The molecule has 0 bridgehead atoms. The van der Waals surface area contributed by atoms with Crippen LogP contribution in [-0.2, 0) is 0 Å². The normalized spacial score (nSPS) is 11.3. The minimum atomic E-state index is 0.0101. The van der Waals surface area contributed by atoms with E-state index in [2.05, 4.69) is 9.98 Å². The standard InChI is InChI=1S/C17H14Cl2N2O3/c1-23-15-7-14(16(24-2)6-12(15)19)20-8-11-10-4-3-9(18)5-13(10)21-17(11)22/h3-8,21-22H,1-2H3. The Kier molecular flexibility index (Phi) is 4.55. The summed E-state index contributed by atoms with van der Waals surface area (Å²) in [5, 5.41) is 11.9. The fourth-order valence-corrected chi connectivity index (χ4v) is 2.79. The number of H-pyrrole nitrogens is 1. The first kappa shape index (κ1) is 16.5. The first-order valence-electron chi connectivity index (χ1n) is 6.99. The summed E-state index contributed by atoms with van der Waals surface area (Å²) >= 11 is 12.0. The SMILES string of the molecule is COc1cc(N=Cc2c(O)[nH]c3cc(Cl)ccc23)c(OC)cc1Cl. The fraction of sp³-hybridized carbons (Fsp3) is 0.118. The van der Waals surface area contributed by atoms with Crippen molar-refractivity contribution in [1.29, 1.82) is 0 Å². The van der Waals surface area contributed by atoms with Crippen molar-refractivity contribution < 1.29 is 14.6 Å². The monoisotopic (exact) mass is 364 g/mol. The number of aromatic nitrogens is 1. The molecule has 0 radical (unpaired) electrons. The van der Waals surface area contributed by atoms with E-state index in [0.29, 0.717) is 32.8 Å². The van der Waals surface area contributed by atoms with Crippen LogP contribution in [0.15, 0.2) is 35.3 Å². The number of halogens is 2. The molecule has 0 aliphatic heterocycles. The van der Waals surface area contributed by atoms with Crippen molar-refractivity contribution in [2.45, 2.75) is 0 Å². The van der Waals surface area contributed by atoms with Crippen LogP contribution in [0.1, 0.15) is 5.56 Å². The largest absolute Gasteiger partial charge is 0.495 e. The Balaban J connectivity index is 2.07. The number of rotatable bonds is 4. The molecule has 0 saturated heterocycles. The van der Waals surface area contributed by atoms with Crippen LogP contribution >= 0.6 is 23.2 Å². The van der Waals surface area contributed by atoms with E-state index in [1.165, 1.54) is 14.2 Å². The second-order valence-corrected chi connectivity index (χ2v) is 5.84. The molecule has 7 heteroatoms. The second kappa shape index (κ2) is 6.63. The Morgan fingerprint density at radius 1 is 1.08 bits per heavy atom. The minimum Gasteiger partial charge on any atom is -0.495 e. The van der Waals surface area contributed by atoms with E-state index in [0.717, 1.165) is 10.9 Å². The van der Waals surface area contributed by atoms with Gasteiger partial charge in [0.1, 0.15) is 17.2 Å². The Morgan fingerprint density at radius 2 is 1.83 bits per heavy atom. The van der Waals surface area contributed by atoms with Crippen LogP contribution in [-0.4, -0.2) is 30.5 Å². The van der Waals surface area contributed by atoms with Crippen molar-refractivity contribution in [3.8, 4) is 17.4 Å². The molecule has 0 fully saturated rings. The number of methoxy groups -OCH3 is 2. The molecule has 0 amide bonds. The molecule has 1 heterocycles. The van der Waals surface area contributed by atoms with Crippen molar-refractivity contribution in [1.82, 2.24) is 4.98 Å². The van der Waals surface area contributed by atoms with Gasteiger partial charge in [-0.25, -0.2) is 0 Å². The first-order chi connectivity index (χ1) is 11.5. The second-order valence-electron chi connectivity index (χ2n) is 4.99. The van der Waals surface area contributed by atoms with E-state index in [4.69, 9.17) is 32.7 Å². The lowest BCUT2D eigenvalue weighted by molar-refractivity contribution is 0.404.